The van der Waals surface area contributed by atoms with Gasteiger partial charge >= 0.3 is 6.03 Å². The molecule has 2 aromatic rings. The molecular formula is C19H29N5O3. The van der Waals surface area contributed by atoms with Gasteiger partial charge in [0.2, 0.25) is 0 Å². The molecule has 2 aromatic heterocycles. The number of carbonyl (C=O) groups is 1. The number of methoxy groups -OCH3 is 1. The maximum absolute atomic E-state index is 12.2. The smallest absolute Gasteiger partial charge is 0.320 e. The molecule has 0 saturated carbocycles. The van der Waals surface area contributed by atoms with Gasteiger partial charge in [-0.1, -0.05) is 0 Å². The minimum absolute atomic E-state index is 0.223. The van der Waals surface area contributed by atoms with Gasteiger partial charge < -0.3 is 19.4 Å². The third-order valence-corrected chi connectivity index (χ3v) is 5.11. The lowest BCUT2D eigenvalue weighted by Crippen LogP contribution is -2.30. The number of anilines is 1. The summed E-state index contributed by atoms with van der Waals surface area (Å²) >= 11 is 0. The van der Waals surface area contributed by atoms with Crippen LogP contribution in [0.5, 0.6) is 0 Å². The molecule has 0 spiro atoms. The summed E-state index contributed by atoms with van der Waals surface area (Å²) in [7, 11) is 1.68. The van der Waals surface area contributed by atoms with Gasteiger partial charge in [0, 0.05) is 32.6 Å². The fourth-order valence-electron chi connectivity index (χ4n) is 3.50. The number of aromatic nitrogens is 3. The van der Waals surface area contributed by atoms with Gasteiger partial charge in [0.05, 0.1) is 18.0 Å². The topological polar surface area (TPSA) is 90.3 Å². The SMILES string of the molecule is COCCCCNC(=O)Nc1ncnc2c1c(C)c(C)n2C[C@H]1CCCO1. The quantitative estimate of drug-likeness (QED) is 0.693. The summed E-state index contributed by atoms with van der Waals surface area (Å²) in [6.07, 6.45) is 5.69. The molecule has 0 unspecified atom stereocenters. The first kappa shape index (κ1) is 19.6. The number of rotatable bonds is 8. The van der Waals surface area contributed by atoms with Crippen molar-refractivity contribution in [3.05, 3.63) is 17.6 Å². The Morgan fingerprint density at radius 1 is 1.37 bits per heavy atom. The lowest BCUT2D eigenvalue weighted by Gasteiger charge is -2.13. The van der Waals surface area contributed by atoms with Crippen LogP contribution in [0.25, 0.3) is 11.0 Å². The lowest BCUT2D eigenvalue weighted by molar-refractivity contribution is 0.0974. The maximum Gasteiger partial charge on any atom is 0.320 e. The van der Waals surface area contributed by atoms with E-state index in [1.54, 1.807) is 7.11 Å². The average molecular weight is 375 g/mol. The van der Waals surface area contributed by atoms with E-state index in [0.29, 0.717) is 19.0 Å². The molecule has 1 aliphatic rings. The predicted octanol–water partition coefficient (Wildman–Crippen LogP) is 2.78. The van der Waals surface area contributed by atoms with Gasteiger partial charge in [-0.05, 0) is 45.1 Å². The van der Waals surface area contributed by atoms with E-state index in [4.69, 9.17) is 9.47 Å². The summed E-state index contributed by atoms with van der Waals surface area (Å²) < 4.78 is 13.0. The minimum atomic E-state index is -0.253. The highest BCUT2D eigenvalue weighted by atomic mass is 16.5. The van der Waals surface area contributed by atoms with E-state index in [-0.39, 0.29) is 12.1 Å². The van der Waals surface area contributed by atoms with E-state index >= 15 is 0 Å². The first-order valence-electron chi connectivity index (χ1n) is 9.57. The minimum Gasteiger partial charge on any atom is -0.385 e. The van der Waals surface area contributed by atoms with E-state index in [1.165, 1.54) is 6.33 Å². The van der Waals surface area contributed by atoms with Crippen molar-refractivity contribution >= 4 is 22.9 Å². The van der Waals surface area contributed by atoms with Gasteiger partial charge in [-0.15, -0.1) is 0 Å². The zero-order valence-electron chi connectivity index (χ0n) is 16.4. The van der Waals surface area contributed by atoms with E-state index in [9.17, 15) is 4.79 Å². The van der Waals surface area contributed by atoms with Crippen molar-refractivity contribution in [3.8, 4) is 0 Å². The van der Waals surface area contributed by atoms with Gasteiger partial charge in [-0.2, -0.15) is 0 Å². The molecule has 0 bridgehead atoms. The van der Waals surface area contributed by atoms with Crippen LogP contribution in [0.2, 0.25) is 0 Å². The number of carbonyl (C=O) groups excluding carboxylic acids is 1. The van der Waals surface area contributed by atoms with Crippen LogP contribution in [0, 0.1) is 13.8 Å². The first-order chi connectivity index (χ1) is 13.1. The first-order valence-corrected chi connectivity index (χ1v) is 9.57. The number of nitrogens with one attached hydrogen (secondary N) is 2. The molecule has 2 amide bonds. The Morgan fingerprint density at radius 3 is 2.96 bits per heavy atom. The Morgan fingerprint density at radius 2 is 2.22 bits per heavy atom. The molecule has 0 aliphatic carbocycles. The molecule has 0 aromatic carbocycles. The molecule has 1 aliphatic heterocycles. The van der Waals surface area contributed by atoms with Crippen molar-refractivity contribution in [2.45, 2.75) is 52.2 Å². The number of nitrogens with zero attached hydrogens (tertiary/aromatic N) is 3. The Bertz CT molecular complexity index is 783. The number of unbranched alkanes of at least 4 members (excludes halogenated alkanes) is 1. The number of hydrogen-bond acceptors (Lipinski definition) is 5. The summed E-state index contributed by atoms with van der Waals surface area (Å²) in [5.74, 6) is 0.543. The molecule has 2 N–H and O–H groups in total. The number of urea groups is 1. The van der Waals surface area contributed by atoms with Gasteiger partial charge in [0.1, 0.15) is 17.8 Å². The third kappa shape index (κ3) is 4.56. The van der Waals surface area contributed by atoms with Gasteiger partial charge in [-0.3, -0.25) is 5.32 Å². The molecule has 8 heteroatoms. The van der Waals surface area contributed by atoms with Crippen LogP contribution in [-0.2, 0) is 16.0 Å². The highest BCUT2D eigenvalue weighted by molar-refractivity contribution is 5.99. The molecule has 0 radical (unpaired) electrons. The van der Waals surface area contributed by atoms with Crippen LogP contribution in [0.15, 0.2) is 6.33 Å². The molecular weight excluding hydrogens is 346 g/mol. The van der Waals surface area contributed by atoms with Crippen molar-refractivity contribution in [3.63, 3.8) is 0 Å². The summed E-state index contributed by atoms with van der Waals surface area (Å²) in [4.78, 5) is 21.0. The van der Waals surface area contributed by atoms with E-state index in [2.05, 4.69) is 32.1 Å². The van der Waals surface area contributed by atoms with Crippen LogP contribution in [0.4, 0.5) is 10.6 Å². The molecule has 1 atom stereocenters. The maximum atomic E-state index is 12.2. The van der Waals surface area contributed by atoms with E-state index < -0.39 is 0 Å². The molecule has 148 valence electrons. The zero-order valence-corrected chi connectivity index (χ0v) is 16.4. The highest BCUT2D eigenvalue weighted by Gasteiger charge is 2.22. The second-order valence-corrected chi connectivity index (χ2v) is 6.96. The highest BCUT2D eigenvalue weighted by Crippen LogP contribution is 2.29. The molecule has 1 fully saturated rings. The van der Waals surface area contributed by atoms with Gasteiger partial charge in [0.25, 0.3) is 0 Å². The second kappa shape index (κ2) is 9.14. The van der Waals surface area contributed by atoms with Crippen LogP contribution >= 0.6 is 0 Å². The Balaban J connectivity index is 1.73. The summed E-state index contributed by atoms with van der Waals surface area (Å²) in [5.41, 5.74) is 3.05. The van der Waals surface area contributed by atoms with Crippen LogP contribution in [0.3, 0.4) is 0 Å². The van der Waals surface area contributed by atoms with Gasteiger partial charge in [-0.25, -0.2) is 14.8 Å². The zero-order chi connectivity index (χ0) is 19.2. The van der Waals surface area contributed by atoms with Crippen molar-refractivity contribution in [2.75, 3.05) is 32.2 Å². The Kier molecular flexibility index (Phi) is 6.63. The van der Waals surface area contributed by atoms with Crippen molar-refractivity contribution in [2.24, 2.45) is 0 Å². The molecule has 1 saturated heterocycles. The number of aryl methyl sites for hydroxylation is 1. The number of fused-ring (bicyclic) bond motifs is 1. The average Bonchev–Trinajstić information content (AvgIpc) is 3.25. The lowest BCUT2D eigenvalue weighted by atomic mass is 10.2. The standard InChI is InChI=1S/C19H29N5O3/c1-13-14(2)24(11-15-7-6-10-27-15)18-16(13)17(21-12-22-18)23-19(25)20-8-4-5-9-26-3/h12,15H,4-11H2,1-3H3,(H2,20,21,22,23,25)/t15-/m1/s1. The Hall–Kier alpha value is -2.19. The van der Waals surface area contributed by atoms with Crippen LogP contribution < -0.4 is 10.6 Å². The summed E-state index contributed by atoms with van der Waals surface area (Å²) in [6, 6.07) is -0.253. The predicted molar refractivity (Wildman–Crippen MR) is 104 cm³/mol. The molecule has 8 nitrogen and oxygen atoms in total. The molecule has 3 rings (SSSR count). The normalized spacial score (nSPS) is 16.8. The summed E-state index contributed by atoms with van der Waals surface area (Å²) in [6.45, 7) is 7.02. The molecule has 27 heavy (non-hydrogen) atoms. The van der Waals surface area contributed by atoms with Crippen molar-refractivity contribution in [1.82, 2.24) is 19.9 Å². The third-order valence-electron chi connectivity index (χ3n) is 5.11. The monoisotopic (exact) mass is 375 g/mol. The summed E-state index contributed by atoms with van der Waals surface area (Å²) in [5, 5.41) is 6.63. The molecule has 3 heterocycles. The Labute approximate surface area is 159 Å². The van der Waals surface area contributed by atoms with Crippen LogP contribution in [-0.4, -0.2) is 53.5 Å². The van der Waals surface area contributed by atoms with E-state index in [1.807, 2.05) is 6.92 Å². The number of ether oxygens (including phenoxy) is 2. The van der Waals surface area contributed by atoms with E-state index in [0.717, 1.165) is 61.1 Å². The van der Waals surface area contributed by atoms with Crippen molar-refractivity contribution in [1.29, 1.82) is 0 Å². The number of amides is 2. The fraction of sp³-hybridized carbons (Fsp3) is 0.632. The number of hydrogen-bond donors (Lipinski definition) is 2. The van der Waals surface area contributed by atoms with Crippen LogP contribution in [0.1, 0.15) is 36.9 Å². The van der Waals surface area contributed by atoms with Crippen molar-refractivity contribution < 1.29 is 14.3 Å². The fourth-order valence-corrected chi connectivity index (χ4v) is 3.50. The second-order valence-electron chi connectivity index (χ2n) is 6.96. The van der Waals surface area contributed by atoms with Gasteiger partial charge in [0.15, 0.2) is 0 Å². The largest absolute Gasteiger partial charge is 0.385 e.